The number of hydrogen-bond acceptors (Lipinski definition) is 9. The summed E-state index contributed by atoms with van der Waals surface area (Å²) in [6.07, 6.45) is 26.6. The number of ether oxygens (including phenoxy) is 2. The molecule has 0 fully saturated rings. The molecule has 2 N–H and O–H groups in total. The van der Waals surface area contributed by atoms with Crippen LogP contribution in [0.25, 0.3) is 0 Å². The maximum atomic E-state index is 12.5. The first-order valence-electron chi connectivity index (χ1n) is 22.9. The molecule has 0 spiro atoms. The number of hydrogen-bond donors (Lipinski definition) is 2. The van der Waals surface area contributed by atoms with Gasteiger partial charge >= 0.3 is 37.7 Å². The minimum absolute atomic E-state index is 0. The Kier molecular flexibility index (Phi) is 28.5. The van der Waals surface area contributed by atoms with E-state index in [4.69, 9.17) is 9.47 Å². The van der Waals surface area contributed by atoms with Gasteiger partial charge in [-0.05, 0) is 67.6 Å². The second-order valence-electron chi connectivity index (χ2n) is 16.1. The minimum atomic E-state index is -4.77. The minimum Gasteiger partial charge on any atom is -0.872 e. The standard InChI is InChI=1S/2C25H36O5S.Ca/c2*1-2-3-4-5-6-7-8-9-10-11-15-18-23-24(26)19-22(20-25(23)31(27,28)29)30-21-16-13-12-14-17-21;/h2*12-14,16-17,19-20,26H,2-11,15,18H2,1H3,(H,27,28,29);/q;;+2/p-2. The van der Waals surface area contributed by atoms with Crippen molar-refractivity contribution in [3.05, 3.63) is 96.1 Å². The molecule has 0 heterocycles. The zero-order chi connectivity index (χ0) is 45.1. The Morgan fingerprint density at radius 2 is 0.825 bits per heavy atom. The summed E-state index contributed by atoms with van der Waals surface area (Å²) in [4.78, 5) is -0.747. The normalized spacial score (nSPS) is 11.4. The molecule has 13 heteroatoms. The van der Waals surface area contributed by atoms with Crippen LogP contribution in [0.15, 0.2) is 94.7 Å². The van der Waals surface area contributed by atoms with Crippen LogP contribution in [0, 0.1) is 0 Å². The van der Waals surface area contributed by atoms with Gasteiger partial charge in [0.15, 0.2) is 0 Å². The van der Waals surface area contributed by atoms with Crippen LogP contribution >= 0.6 is 0 Å². The number of para-hydroxylation sites is 2. The molecule has 0 amide bonds. The van der Waals surface area contributed by atoms with E-state index in [1.54, 1.807) is 48.5 Å². The average molecular weight is 935 g/mol. The SMILES string of the molecule is CCCCCCCCCCCCCc1c(O)cc(Oc2ccccc2)cc1S(=O)(=O)O.CCCCCCCCCCCCCc1c([O-])cc(Oc2ccccc2)cc1S(=O)(=O)[O-].[Ca+2]. The van der Waals surface area contributed by atoms with E-state index in [1.165, 1.54) is 121 Å². The van der Waals surface area contributed by atoms with Gasteiger partial charge in [-0.25, -0.2) is 8.42 Å². The van der Waals surface area contributed by atoms with Crippen molar-refractivity contribution in [2.45, 2.75) is 178 Å². The molecular weight excluding hydrogens is 865 g/mol. The molecule has 0 saturated carbocycles. The molecule has 0 bridgehead atoms. The molecule has 0 aromatic heterocycles. The molecule has 4 aromatic carbocycles. The maximum absolute atomic E-state index is 12.5. The number of unbranched alkanes of at least 4 members (excludes halogenated alkanes) is 20. The van der Waals surface area contributed by atoms with Crippen molar-refractivity contribution >= 4 is 58.0 Å². The van der Waals surface area contributed by atoms with Gasteiger partial charge < -0.3 is 24.2 Å². The van der Waals surface area contributed by atoms with Gasteiger partial charge in [0, 0.05) is 17.7 Å². The molecule has 0 aliphatic carbocycles. The fourth-order valence-corrected chi connectivity index (χ4v) is 9.00. The van der Waals surface area contributed by atoms with E-state index in [0.29, 0.717) is 24.3 Å². The summed E-state index contributed by atoms with van der Waals surface area (Å²) in [5, 5.41) is 22.9. The predicted molar refractivity (Wildman–Crippen MR) is 251 cm³/mol. The van der Waals surface area contributed by atoms with Gasteiger partial charge in [0.05, 0.1) is 4.90 Å². The summed E-state index contributed by atoms with van der Waals surface area (Å²) < 4.78 is 79.9. The first kappa shape index (κ1) is 56.3. The van der Waals surface area contributed by atoms with Crippen LogP contribution in [-0.2, 0) is 33.1 Å². The van der Waals surface area contributed by atoms with Crippen molar-refractivity contribution in [1.29, 1.82) is 0 Å². The van der Waals surface area contributed by atoms with Crippen LogP contribution < -0.4 is 14.6 Å². The quantitative estimate of drug-likeness (QED) is 0.0291. The molecule has 0 saturated heterocycles. The molecule has 0 atom stereocenters. The van der Waals surface area contributed by atoms with E-state index in [0.717, 1.165) is 38.5 Å². The van der Waals surface area contributed by atoms with Crippen molar-refractivity contribution in [3.63, 3.8) is 0 Å². The molecule has 10 nitrogen and oxygen atoms in total. The van der Waals surface area contributed by atoms with E-state index < -0.39 is 30.9 Å². The van der Waals surface area contributed by atoms with Gasteiger partial charge in [-0.2, -0.15) is 8.42 Å². The monoisotopic (exact) mass is 934 g/mol. The van der Waals surface area contributed by atoms with Crippen molar-refractivity contribution in [3.8, 4) is 34.5 Å². The number of rotatable bonds is 30. The molecule has 344 valence electrons. The van der Waals surface area contributed by atoms with E-state index in [-0.39, 0.29) is 77.4 Å². The van der Waals surface area contributed by atoms with Crippen molar-refractivity contribution in [2.24, 2.45) is 0 Å². The van der Waals surface area contributed by atoms with Crippen LogP contribution in [0.4, 0.5) is 0 Å². The Labute approximate surface area is 408 Å². The summed E-state index contributed by atoms with van der Waals surface area (Å²) >= 11 is 0. The van der Waals surface area contributed by atoms with Gasteiger partial charge in [-0.3, -0.25) is 4.55 Å². The van der Waals surface area contributed by atoms with E-state index in [9.17, 15) is 36.2 Å². The zero-order valence-electron chi connectivity index (χ0n) is 37.7. The molecule has 4 rings (SSSR count). The van der Waals surface area contributed by atoms with Gasteiger partial charge in [0.2, 0.25) is 0 Å². The van der Waals surface area contributed by atoms with Crippen molar-refractivity contribution in [2.75, 3.05) is 0 Å². The second kappa shape index (κ2) is 31.9. The summed E-state index contributed by atoms with van der Waals surface area (Å²) in [7, 11) is -9.24. The Bertz CT molecular complexity index is 1910. The number of phenols is 1. The second-order valence-corrected chi connectivity index (χ2v) is 18.9. The average Bonchev–Trinajstić information content (AvgIpc) is 3.23. The number of benzene rings is 4. The smallest absolute Gasteiger partial charge is 0.872 e. The molecule has 0 aliphatic rings. The van der Waals surface area contributed by atoms with Gasteiger partial charge in [0.1, 0.15) is 43.8 Å². The largest absolute Gasteiger partial charge is 2.00 e. The third kappa shape index (κ3) is 23.3. The van der Waals surface area contributed by atoms with E-state index in [2.05, 4.69) is 13.8 Å². The summed E-state index contributed by atoms with van der Waals surface area (Å²) in [6, 6.07) is 22.7. The van der Waals surface area contributed by atoms with Gasteiger partial charge in [0.25, 0.3) is 10.1 Å². The van der Waals surface area contributed by atoms with E-state index >= 15 is 0 Å². The molecular formula is C50H70CaO10S2. The van der Waals surface area contributed by atoms with Crippen LogP contribution in [-0.4, -0.2) is 68.8 Å². The number of phenolic OH excluding ortho intramolecular Hbond substituents is 1. The molecule has 0 radical (unpaired) electrons. The van der Waals surface area contributed by atoms with Crippen LogP contribution in [0.2, 0.25) is 0 Å². The first-order valence-corrected chi connectivity index (χ1v) is 25.8. The fourth-order valence-electron chi connectivity index (χ4n) is 7.45. The topological polar surface area (TPSA) is 173 Å². The van der Waals surface area contributed by atoms with Crippen LogP contribution in [0.5, 0.6) is 34.5 Å². The summed E-state index contributed by atoms with van der Waals surface area (Å²) in [6.45, 7) is 4.45. The summed E-state index contributed by atoms with van der Waals surface area (Å²) in [5.41, 5.74) is 0.324. The Balaban J connectivity index is 0.000000427. The van der Waals surface area contributed by atoms with Crippen molar-refractivity contribution < 1.29 is 45.6 Å². The van der Waals surface area contributed by atoms with Gasteiger partial charge in [-0.15, -0.1) is 5.75 Å². The Morgan fingerprint density at radius 1 is 0.476 bits per heavy atom. The van der Waals surface area contributed by atoms with Crippen LogP contribution in [0.3, 0.4) is 0 Å². The fraction of sp³-hybridized carbons (Fsp3) is 0.520. The molecule has 0 unspecified atom stereocenters. The Hall–Kier alpha value is -2.84. The number of aromatic hydroxyl groups is 1. The molecule has 0 aliphatic heterocycles. The third-order valence-electron chi connectivity index (χ3n) is 10.9. The Morgan fingerprint density at radius 3 is 1.21 bits per heavy atom. The van der Waals surface area contributed by atoms with Crippen LogP contribution in [0.1, 0.15) is 166 Å². The third-order valence-corrected chi connectivity index (χ3v) is 12.7. The zero-order valence-corrected chi connectivity index (χ0v) is 41.6. The summed E-state index contributed by atoms with van der Waals surface area (Å²) in [5.74, 6) is 0.575. The predicted octanol–water partition coefficient (Wildman–Crippen LogP) is 13.2. The van der Waals surface area contributed by atoms with E-state index in [1.807, 2.05) is 12.1 Å². The molecule has 63 heavy (non-hydrogen) atoms. The maximum Gasteiger partial charge on any atom is 2.00 e. The molecule has 4 aromatic rings. The van der Waals surface area contributed by atoms with Gasteiger partial charge in [-0.1, -0.05) is 179 Å². The van der Waals surface area contributed by atoms with Crippen molar-refractivity contribution in [1.82, 2.24) is 0 Å². The first-order chi connectivity index (χ1) is 29.8.